The number of hydrogen-bond donors (Lipinski definition) is 0. The molecule has 0 atom stereocenters. The van der Waals surface area contributed by atoms with Crippen LogP contribution in [0.15, 0.2) is 39.7 Å². The average molecular weight is 289 g/mol. The highest BCUT2D eigenvalue weighted by molar-refractivity contribution is 9.11. The van der Waals surface area contributed by atoms with Gasteiger partial charge in [-0.3, -0.25) is 0 Å². The van der Waals surface area contributed by atoms with Gasteiger partial charge in [0.05, 0.1) is 10.6 Å². The fraction of sp³-hybridized carbons (Fsp3) is 0.273. The van der Waals surface area contributed by atoms with E-state index < -0.39 is 9.84 Å². The van der Waals surface area contributed by atoms with E-state index >= 15 is 0 Å². The summed E-state index contributed by atoms with van der Waals surface area (Å²) < 4.78 is 24.4. The monoisotopic (exact) mass is 288 g/mol. The minimum Gasteiger partial charge on any atom is -0.223 e. The SMILES string of the molecule is C/C(Br)=C/CS(=O)(=O)c1ccc(C)cc1. The Balaban J connectivity index is 2.97. The molecular formula is C11H13BrO2S. The van der Waals surface area contributed by atoms with Crippen molar-refractivity contribution in [2.75, 3.05) is 5.75 Å². The van der Waals surface area contributed by atoms with E-state index in [1.54, 1.807) is 30.3 Å². The first kappa shape index (κ1) is 12.5. The number of hydrogen-bond acceptors (Lipinski definition) is 2. The molecule has 0 aliphatic heterocycles. The highest BCUT2D eigenvalue weighted by atomic mass is 79.9. The lowest BCUT2D eigenvalue weighted by Crippen LogP contribution is -2.04. The standard InChI is InChI=1S/C11H13BrO2S/c1-9-3-5-11(6-4-9)15(13,14)8-7-10(2)12/h3-7H,8H2,1-2H3/b10-7-. The van der Waals surface area contributed by atoms with Crippen LogP contribution in [0.5, 0.6) is 0 Å². The maximum atomic E-state index is 11.8. The van der Waals surface area contributed by atoms with Crippen molar-refractivity contribution in [1.82, 2.24) is 0 Å². The van der Waals surface area contributed by atoms with Gasteiger partial charge in [-0.1, -0.05) is 39.7 Å². The number of sulfone groups is 1. The maximum absolute atomic E-state index is 11.8. The summed E-state index contributed by atoms with van der Waals surface area (Å²) in [5, 5.41) is 0. The summed E-state index contributed by atoms with van der Waals surface area (Å²) >= 11 is 3.21. The number of rotatable bonds is 3. The molecule has 0 amide bonds. The van der Waals surface area contributed by atoms with Gasteiger partial charge in [-0.05, 0) is 30.5 Å². The zero-order valence-corrected chi connectivity index (χ0v) is 11.1. The van der Waals surface area contributed by atoms with Crippen molar-refractivity contribution in [3.63, 3.8) is 0 Å². The Morgan fingerprint density at radius 3 is 2.33 bits per heavy atom. The first-order valence-corrected chi connectivity index (χ1v) is 6.98. The number of benzene rings is 1. The number of halogens is 1. The van der Waals surface area contributed by atoms with Crippen LogP contribution >= 0.6 is 15.9 Å². The Hall–Kier alpha value is -0.610. The molecule has 0 saturated carbocycles. The molecule has 0 aromatic heterocycles. The molecule has 0 N–H and O–H groups in total. The van der Waals surface area contributed by atoms with Crippen molar-refractivity contribution < 1.29 is 8.42 Å². The van der Waals surface area contributed by atoms with Gasteiger partial charge in [0.1, 0.15) is 0 Å². The van der Waals surface area contributed by atoms with E-state index in [1.165, 1.54) is 0 Å². The highest BCUT2D eigenvalue weighted by Gasteiger charge is 2.11. The van der Waals surface area contributed by atoms with Gasteiger partial charge in [-0.15, -0.1) is 0 Å². The molecule has 15 heavy (non-hydrogen) atoms. The van der Waals surface area contributed by atoms with Crippen LogP contribution in [0, 0.1) is 6.92 Å². The topological polar surface area (TPSA) is 34.1 Å². The summed E-state index contributed by atoms with van der Waals surface area (Å²) in [6.45, 7) is 3.74. The Morgan fingerprint density at radius 1 is 1.33 bits per heavy atom. The molecule has 0 fully saturated rings. The van der Waals surface area contributed by atoms with E-state index in [1.807, 2.05) is 13.8 Å². The van der Waals surface area contributed by atoms with Gasteiger partial charge < -0.3 is 0 Å². The minimum absolute atomic E-state index is 0.0349. The molecular weight excluding hydrogens is 276 g/mol. The number of allylic oxidation sites excluding steroid dienone is 1. The third-order valence-corrected chi connectivity index (χ3v) is 3.88. The lowest BCUT2D eigenvalue weighted by atomic mass is 10.2. The van der Waals surface area contributed by atoms with E-state index in [-0.39, 0.29) is 5.75 Å². The molecule has 0 spiro atoms. The van der Waals surface area contributed by atoms with Crippen molar-refractivity contribution in [3.8, 4) is 0 Å². The molecule has 82 valence electrons. The van der Waals surface area contributed by atoms with Crippen LogP contribution in [0.25, 0.3) is 0 Å². The van der Waals surface area contributed by atoms with Crippen LogP contribution in [0.3, 0.4) is 0 Å². The van der Waals surface area contributed by atoms with E-state index in [2.05, 4.69) is 15.9 Å². The molecule has 0 aliphatic rings. The highest BCUT2D eigenvalue weighted by Crippen LogP contribution is 2.13. The smallest absolute Gasteiger partial charge is 0.181 e. The Labute approximate surface area is 99.1 Å². The lowest BCUT2D eigenvalue weighted by molar-refractivity contribution is 0.599. The van der Waals surface area contributed by atoms with Gasteiger partial charge in [0, 0.05) is 0 Å². The third kappa shape index (κ3) is 3.80. The summed E-state index contributed by atoms with van der Waals surface area (Å²) in [4.78, 5) is 0.373. The van der Waals surface area contributed by atoms with Gasteiger partial charge in [0.25, 0.3) is 0 Å². The van der Waals surface area contributed by atoms with E-state index in [0.717, 1.165) is 10.0 Å². The third-order valence-electron chi connectivity index (χ3n) is 1.96. The molecule has 0 bridgehead atoms. The van der Waals surface area contributed by atoms with E-state index in [4.69, 9.17) is 0 Å². The van der Waals surface area contributed by atoms with Crippen LogP contribution in [0.1, 0.15) is 12.5 Å². The first-order valence-electron chi connectivity index (χ1n) is 4.53. The normalized spacial score (nSPS) is 12.9. The molecule has 2 nitrogen and oxygen atoms in total. The molecule has 4 heteroatoms. The molecule has 1 rings (SSSR count). The first-order chi connectivity index (χ1) is 6.92. The van der Waals surface area contributed by atoms with Gasteiger partial charge in [0.15, 0.2) is 9.84 Å². The molecule has 1 aromatic carbocycles. The van der Waals surface area contributed by atoms with Crippen molar-refractivity contribution in [2.45, 2.75) is 18.7 Å². The quantitative estimate of drug-likeness (QED) is 0.857. The van der Waals surface area contributed by atoms with Gasteiger partial charge in [-0.25, -0.2) is 8.42 Å². The molecule has 1 aromatic rings. The van der Waals surface area contributed by atoms with E-state index in [0.29, 0.717) is 4.90 Å². The van der Waals surface area contributed by atoms with Crippen LogP contribution < -0.4 is 0 Å². The Bertz CT molecular complexity index is 454. The lowest BCUT2D eigenvalue weighted by Gasteiger charge is -2.01. The zero-order valence-electron chi connectivity index (χ0n) is 8.70. The average Bonchev–Trinajstić information content (AvgIpc) is 2.16. The van der Waals surface area contributed by atoms with Gasteiger partial charge >= 0.3 is 0 Å². The predicted molar refractivity (Wildman–Crippen MR) is 65.9 cm³/mol. The molecule has 0 radical (unpaired) electrons. The summed E-state index contributed by atoms with van der Waals surface area (Å²) in [6.07, 6.45) is 1.65. The fourth-order valence-corrected chi connectivity index (χ4v) is 2.66. The minimum atomic E-state index is -3.18. The largest absolute Gasteiger partial charge is 0.223 e. The fourth-order valence-electron chi connectivity index (χ4n) is 1.07. The van der Waals surface area contributed by atoms with Gasteiger partial charge in [-0.2, -0.15) is 0 Å². The Morgan fingerprint density at radius 2 is 1.87 bits per heavy atom. The van der Waals surface area contributed by atoms with Crippen LogP contribution in [-0.4, -0.2) is 14.2 Å². The van der Waals surface area contributed by atoms with Crippen molar-refractivity contribution in [3.05, 3.63) is 40.4 Å². The second-order valence-electron chi connectivity index (χ2n) is 3.39. The maximum Gasteiger partial charge on any atom is 0.181 e. The van der Waals surface area contributed by atoms with Crippen molar-refractivity contribution in [1.29, 1.82) is 0 Å². The second-order valence-corrected chi connectivity index (χ2v) is 6.67. The molecule has 0 saturated heterocycles. The predicted octanol–water partition coefficient (Wildman–Crippen LogP) is 3.07. The zero-order chi connectivity index (χ0) is 11.5. The summed E-state index contributed by atoms with van der Waals surface area (Å²) in [5.74, 6) is 0.0349. The molecule has 0 aliphatic carbocycles. The Kier molecular flexibility index (Phi) is 4.11. The summed E-state index contributed by atoms with van der Waals surface area (Å²) in [6, 6.07) is 6.89. The van der Waals surface area contributed by atoms with Crippen LogP contribution in [-0.2, 0) is 9.84 Å². The van der Waals surface area contributed by atoms with Gasteiger partial charge in [0.2, 0.25) is 0 Å². The number of aryl methyl sites for hydroxylation is 1. The van der Waals surface area contributed by atoms with Crippen molar-refractivity contribution >= 4 is 25.8 Å². The second kappa shape index (κ2) is 4.94. The molecule has 0 unspecified atom stereocenters. The van der Waals surface area contributed by atoms with Crippen molar-refractivity contribution in [2.24, 2.45) is 0 Å². The summed E-state index contributed by atoms with van der Waals surface area (Å²) in [5.41, 5.74) is 1.06. The van der Waals surface area contributed by atoms with E-state index in [9.17, 15) is 8.42 Å². The van der Waals surface area contributed by atoms with Crippen LogP contribution in [0.2, 0.25) is 0 Å². The van der Waals surface area contributed by atoms with Crippen LogP contribution in [0.4, 0.5) is 0 Å². The molecule has 0 heterocycles. The summed E-state index contributed by atoms with van der Waals surface area (Å²) in [7, 11) is -3.18.